The van der Waals surface area contributed by atoms with Gasteiger partial charge in [0.25, 0.3) is 0 Å². The van der Waals surface area contributed by atoms with E-state index in [1.54, 1.807) is 0 Å². The van der Waals surface area contributed by atoms with Crippen LogP contribution in [-0.2, 0) is 11.8 Å². The molecule has 3 rings (SSSR count). The first-order valence-corrected chi connectivity index (χ1v) is 7.04. The first-order valence-electron chi connectivity index (χ1n) is 7.04. The van der Waals surface area contributed by atoms with Crippen LogP contribution in [0.25, 0.3) is 21.8 Å². The van der Waals surface area contributed by atoms with Crippen molar-refractivity contribution in [1.29, 1.82) is 0 Å². The molecule has 3 aromatic rings. The van der Waals surface area contributed by atoms with Crippen molar-refractivity contribution in [1.82, 2.24) is 4.98 Å². The van der Waals surface area contributed by atoms with Gasteiger partial charge in [-0.2, -0.15) is 0 Å². The molecule has 0 unspecified atom stereocenters. The minimum absolute atomic E-state index is 0.195. The molecule has 1 heteroatoms. The third-order valence-electron chi connectivity index (χ3n) is 3.94. The molecule has 0 atom stereocenters. The van der Waals surface area contributed by atoms with Gasteiger partial charge < -0.3 is 4.98 Å². The van der Waals surface area contributed by atoms with Gasteiger partial charge in [-0.1, -0.05) is 39.8 Å². The quantitative estimate of drug-likeness (QED) is 0.613. The fourth-order valence-electron chi connectivity index (χ4n) is 2.63. The summed E-state index contributed by atoms with van der Waals surface area (Å²) in [5.74, 6) is 0. The number of benzene rings is 2. The van der Waals surface area contributed by atoms with Crippen molar-refractivity contribution >= 4 is 21.8 Å². The number of hydrogen-bond acceptors (Lipinski definition) is 0. The molecule has 98 valence electrons. The van der Waals surface area contributed by atoms with Crippen LogP contribution in [0.3, 0.4) is 0 Å². The predicted octanol–water partition coefficient (Wildman–Crippen LogP) is 5.18. The summed E-state index contributed by atoms with van der Waals surface area (Å²) in [6, 6.07) is 13.5. The Labute approximate surface area is 114 Å². The maximum atomic E-state index is 3.51. The highest BCUT2D eigenvalue weighted by Crippen LogP contribution is 2.31. The highest BCUT2D eigenvalue weighted by atomic mass is 14.7. The van der Waals surface area contributed by atoms with E-state index in [1.807, 2.05) is 0 Å². The summed E-state index contributed by atoms with van der Waals surface area (Å²) in [5.41, 5.74) is 5.45. The molecule has 2 aromatic carbocycles. The van der Waals surface area contributed by atoms with Crippen LogP contribution < -0.4 is 0 Å². The topological polar surface area (TPSA) is 15.8 Å². The van der Waals surface area contributed by atoms with Crippen LogP contribution in [0.5, 0.6) is 0 Å². The lowest BCUT2D eigenvalue weighted by atomic mass is 9.86. The van der Waals surface area contributed by atoms with E-state index >= 15 is 0 Å². The number of H-pyrrole nitrogens is 1. The molecule has 0 bridgehead atoms. The van der Waals surface area contributed by atoms with Crippen molar-refractivity contribution in [2.24, 2.45) is 0 Å². The number of aryl methyl sites for hydroxylation is 1. The van der Waals surface area contributed by atoms with Crippen molar-refractivity contribution in [3.63, 3.8) is 0 Å². The average molecular weight is 251 g/mol. The molecular weight excluding hydrogens is 230 g/mol. The van der Waals surface area contributed by atoms with Gasteiger partial charge in [0.1, 0.15) is 0 Å². The van der Waals surface area contributed by atoms with E-state index < -0.39 is 0 Å². The number of nitrogens with one attached hydrogen (secondary N) is 1. The number of fused-ring (bicyclic) bond motifs is 3. The maximum Gasteiger partial charge on any atom is 0.0465 e. The molecule has 1 heterocycles. The Hall–Kier alpha value is -1.76. The summed E-state index contributed by atoms with van der Waals surface area (Å²) >= 11 is 0. The molecule has 0 saturated carbocycles. The van der Waals surface area contributed by atoms with Gasteiger partial charge in [-0.15, -0.1) is 0 Å². The van der Waals surface area contributed by atoms with Gasteiger partial charge in [-0.05, 0) is 47.2 Å². The van der Waals surface area contributed by atoms with E-state index in [-0.39, 0.29) is 5.41 Å². The van der Waals surface area contributed by atoms with Gasteiger partial charge in [0.2, 0.25) is 0 Å². The molecule has 0 amide bonds. The first kappa shape index (κ1) is 12.3. The van der Waals surface area contributed by atoms with Gasteiger partial charge in [0.05, 0.1) is 0 Å². The van der Waals surface area contributed by atoms with Crippen LogP contribution in [0.1, 0.15) is 38.8 Å². The molecule has 1 nitrogen and oxygen atoms in total. The van der Waals surface area contributed by atoms with Crippen molar-refractivity contribution in [3.8, 4) is 0 Å². The first-order chi connectivity index (χ1) is 8.99. The zero-order valence-electron chi connectivity index (χ0n) is 12.2. The van der Waals surface area contributed by atoms with E-state index in [2.05, 4.69) is 69.1 Å². The SMILES string of the molecule is CCc1ccc2[nH]c3ccc(C(C)(C)C)cc3c2c1. The number of aromatic amines is 1. The molecule has 0 fully saturated rings. The number of hydrogen-bond donors (Lipinski definition) is 1. The predicted molar refractivity (Wildman–Crippen MR) is 83.9 cm³/mol. The summed E-state index contributed by atoms with van der Waals surface area (Å²) in [7, 11) is 0. The second kappa shape index (κ2) is 4.12. The molecule has 19 heavy (non-hydrogen) atoms. The van der Waals surface area contributed by atoms with Gasteiger partial charge in [-0.3, -0.25) is 0 Å². The second-order valence-electron chi connectivity index (χ2n) is 6.37. The number of aromatic nitrogens is 1. The normalized spacial score (nSPS) is 12.4. The lowest BCUT2D eigenvalue weighted by Crippen LogP contribution is -2.10. The van der Waals surface area contributed by atoms with Gasteiger partial charge in [0.15, 0.2) is 0 Å². The Morgan fingerprint density at radius 1 is 0.895 bits per heavy atom. The lowest BCUT2D eigenvalue weighted by Gasteiger charge is -2.18. The minimum Gasteiger partial charge on any atom is -0.355 e. The van der Waals surface area contributed by atoms with E-state index in [0.717, 1.165) is 6.42 Å². The van der Waals surface area contributed by atoms with Gasteiger partial charge in [-0.25, -0.2) is 0 Å². The highest BCUT2D eigenvalue weighted by molar-refractivity contribution is 6.07. The van der Waals surface area contributed by atoms with Crippen LogP contribution in [0.4, 0.5) is 0 Å². The molecule has 0 aliphatic heterocycles. The van der Waals surface area contributed by atoms with Crippen LogP contribution in [0.15, 0.2) is 36.4 Å². The molecule has 0 aliphatic rings. The fourth-order valence-corrected chi connectivity index (χ4v) is 2.63. The van der Waals surface area contributed by atoms with Crippen LogP contribution in [0.2, 0.25) is 0 Å². The summed E-state index contributed by atoms with van der Waals surface area (Å²) in [6.45, 7) is 9.00. The maximum absolute atomic E-state index is 3.51. The molecule has 0 aliphatic carbocycles. The van der Waals surface area contributed by atoms with E-state index in [1.165, 1.54) is 32.9 Å². The summed E-state index contributed by atoms with van der Waals surface area (Å²) in [5, 5.41) is 2.69. The summed E-state index contributed by atoms with van der Waals surface area (Å²) in [6.07, 6.45) is 1.08. The second-order valence-corrected chi connectivity index (χ2v) is 6.37. The standard InChI is InChI=1S/C18H21N/c1-5-12-6-8-16-14(10-12)15-11-13(18(2,3)4)7-9-17(15)19-16/h6-11,19H,5H2,1-4H3. The molecule has 0 spiro atoms. The van der Waals surface area contributed by atoms with E-state index in [0.29, 0.717) is 0 Å². The smallest absolute Gasteiger partial charge is 0.0465 e. The Morgan fingerprint density at radius 3 is 2.16 bits per heavy atom. The molecule has 0 radical (unpaired) electrons. The zero-order valence-corrected chi connectivity index (χ0v) is 12.2. The Bertz CT molecular complexity index is 741. The molecular formula is C18H21N. The van der Waals surface area contributed by atoms with Gasteiger partial charge in [0, 0.05) is 21.8 Å². The third-order valence-corrected chi connectivity index (χ3v) is 3.94. The van der Waals surface area contributed by atoms with Gasteiger partial charge >= 0.3 is 0 Å². The van der Waals surface area contributed by atoms with Crippen molar-refractivity contribution in [2.75, 3.05) is 0 Å². The molecule has 1 N–H and O–H groups in total. The largest absolute Gasteiger partial charge is 0.355 e. The fraction of sp³-hybridized carbons (Fsp3) is 0.333. The van der Waals surface area contributed by atoms with Crippen molar-refractivity contribution < 1.29 is 0 Å². The Kier molecular flexibility index (Phi) is 2.67. The average Bonchev–Trinajstić information content (AvgIpc) is 2.74. The van der Waals surface area contributed by atoms with Crippen molar-refractivity contribution in [3.05, 3.63) is 47.5 Å². The van der Waals surface area contributed by atoms with Crippen LogP contribution in [0, 0.1) is 0 Å². The van der Waals surface area contributed by atoms with Crippen LogP contribution >= 0.6 is 0 Å². The van der Waals surface area contributed by atoms with E-state index in [9.17, 15) is 0 Å². The van der Waals surface area contributed by atoms with Crippen molar-refractivity contribution in [2.45, 2.75) is 39.5 Å². The lowest BCUT2D eigenvalue weighted by molar-refractivity contribution is 0.591. The summed E-state index contributed by atoms with van der Waals surface area (Å²) in [4.78, 5) is 3.51. The Morgan fingerprint density at radius 2 is 1.53 bits per heavy atom. The third kappa shape index (κ3) is 2.03. The Balaban J connectivity index is 2.33. The number of rotatable bonds is 1. The monoisotopic (exact) mass is 251 g/mol. The van der Waals surface area contributed by atoms with Crippen LogP contribution in [-0.4, -0.2) is 4.98 Å². The summed E-state index contributed by atoms with van der Waals surface area (Å²) < 4.78 is 0. The van der Waals surface area contributed by atoms with E-state index in [4.69, 9.17) is 0 Å². The minimum atomic E-state index is 0.195. The molecule has 0 saturated heterocycles. The highest BCUT2D eigenvalue weighted by Gasteiger charge is 2.15. The molecule has 1 aromatic heterocycles. The zero-order chi connectivity index (χ0) is 13.6.